The minimum absolute atomic E-state index is 0.146. The first kappa shape index (κ1) is 7.82. The van der Waals surface area contributed by atoms with Gasteiger partial charge in [-0.1, -0.05) is 0 Å². The third-order valence-corrected chi connectivity index (χ3v) is 1.56. The van der Waals surface area contributed by atoms with Gasteiger partial charge < -0.3 is 5.73 Å². The molecule has 2 N–H and O–H groups in total. The minimum Gasteiger partial charge on any atom is -0.381 e. The van der Waals surface area contributed by atoms with Crippen LogP contribution in [0.4, 0.5) is 10.2 Å². The Morgan fingerprint density at radius 2 is 2.45 bits per heavy atom. The number of hydrogen-bond donors (Lipinski definition) is 1. The number of aromatic nitrogens is 1. The van der Waals surface area contributed by atoms with Gasteiger partial charge in [-0.25, -0.2) is 9.37 Å². The zero-order valence-corrected chi connectivity index (χ0v) is 6.23. The fourth-order valence-corrected chi connectivity index (χ4v) is 0.913. The normalized spacial score (nSPS) is 9.09. The van der Waals surface area contributed by atoms with E-state index >= 15 is 0 Å². The number of nitriles is 1. The highest BCUT2D eigenvalue weighted by Crippen LogP contribution is 2.18. The van der Waals surface area contributed by atoms with Crippen LogP contribution in [0.3, 0.4) is 0 Å². The van der Waals surface area contributed by atoms with Gasteiger partial charge in [0.2, 0.25) is 0 Å². The zero-order chi connectivity index (χ0) is 8.27. The van der Waals surface area contributed by atoms with Crippen LogP contribution in [0.2, 0.25) is 0 Å². The first-order valence-electron chi connectivity index (χ1n) is 2.71. The van der Waals surface area contributed by atoms with Crippen molar-refractivity contribution in [3.05, 3.63) is 18.1 Å². The lowest BCUT2D eigenvalue weighted by atomic mass is 10.4. The molecule has 1 heterocycles. The van der Waals surface area contributed by atoms with E-state index in [4.69, 9.17) is 11.0 Å². The summed E-state index contributed by atoms with van der Waals surface area (Å²) in [5, 5.41) is 10.0. The molecule has 3 nitrogen and oxygen atoms in total. The number of anilines is 1. The average Bonchev–Trinajstić information content (AvgIpc) is 1.98. The van der Waals surface area contributed by atoms with Crippen LogP contribution < -0.4 is 5.73 Å². The Morgan fingerprint density at radius 3 is 3.00 bits per heavy atom. The Hall–Kier alpha value is -1.28. The molecule has 0 aliphatic carbocycles. The Bertz CT molecular complexity index is 307. The molecule has 0 fully saturated rings. The van der Waals surface area contributed by atoms with Crippen LogP contribution in [0, 0.1) is 16.5 Å². The Balaban J connectivity index is 2.98. The highest BCUT2D eigenvalue weighted by Gasteiger charge is 2.00. The molecule has 0 saturated carbocycles. The van der Waals surface area contributed by atoms with E-state index in [9.17, 15) is 4.39 Å². The number of halogens is 1. The molecule has 0 spiro atoms. The standard InChI is InChI=1S/C6H4FN3S/c7-5-1-4(11-3-8)2-10-6(5)9/h1-2H,(H2,9,10). The van der Waals surface area contributed by atoms with Crippen molar-refractivity contribution < 1.29 is 4.39 Å². The van der Waals surface area contributed by atoms with Crippen LogP contribution in [-0.4, -0.2) is 4.98 Å². The number of nitrogen functional groups attached to an aromatic ring is 1. The van der Waals surface area contributed by atoms with Crippen molar-refractivity contribution in [3.63, 3.8) is 0 Å². The van der Waals surface area contributed by atoms with E-state index in [0.29, 0.717) is 4.90 Å². The second-order valence-electron chi connectivity index (χ2n) is 1.73. The lowest BCUT2D eigenvalue weighted by Crippen LogP contribution is -1.93. The van der Waals surface area contributed by atoms with E-state index < -0.39 is 5.82 Å². The van der Waals surface area contributed by atoms with Crippen molar-refractivity contribution in [1.29, 1.82) is 5.26 Å². The number of nitrogens with two attached hydrogens (primary N) is 1. The van der Waals surface area contributed by atoms with Crippen molar-refractivity contribution >= 4 is 17.6 Å². The fourth-order valence-electron chi connectivity index (χ4n) is 0.539. The molecule has 0 atom stereocenters. The first-order valence-corrected chi connectivity index (χ1v) is 3.52. The maximum Gasteiger partial charge on any atom is 0.166 e. The van der Waals surface area contributed by atoms with Gasteiger partial charge in [-0.3, -0.25) is 0 Å². The van der Waals surface area contributed by atoms with Crippen molar-refractivity contribution in [2.24, 2.45) is 0 Å². The molecule has 0 bridgehead atoms. The fraction of sp³-hybridized carbons (Fsp3) is 0. The van der Waals surface area contributed by atoms with Gasteiger partial charge >= 0.3 is 0 Å². The molecule has 0 aromatic carbocycles. The number of thioether (sulfide) groups is 1. The molecule has 0 amide bonds. The third kappa shape index (κ3) is 1.82. The summed E-state index contributed by atoms with van der Waals surface area (Å²) in [5.41, 5.74) is 5.11. The van der Waals surface area contributed by atoms with E-state index in [-0.39, 0.29) is 5.82 Å². The lowest BCUT2D eigenvalue weighted by molar-refractivity contribution is 0.623. The van der Waals surface area contributed by atoms with Gasteiger partial charge in [0.15, 0.2) is 11.6 Å². The summed E-state index contributed by atoms with van der Waals surface area (Å²) < 4.78 is 12.6. The number of thiocyanates is 1. The number of nitrogens with zero attached hydrogens (tertiary/aromatic N) is 2. The quantitative estimate of drug-likeness (QED) is 0.509. The van der Waals surface area contributed by atoms with Crippen LogP contribution in [0.5, 0.6) is 0 Å². The Labute approximate surface area is 67.0 Å². The number of rotatable bonds is 1. The summed E-state index contributed by atoms with van der Waals surface area (Å²) in [7, 11) is 0. The summed E-state index contributed by atoms with van der Waals surface area (Å²) in [6, 6.07) is 1.18. The molecule has 1 aromatic heterocycles. The van der Waals surface area contributed by atoms with Gasteiger partial charge in [-0.15, -0.1) is 0 Å². The molecule has 0 aliphatic rings. The molecule has 1 aromatic rings. The molecular weight excluding hydrogens is 165 g/mol. The Kier molecular flexibility index (Phi) is 2.28. The lowest BCUT2D eigenvalue weighted by Gasteiger charge is -1.95. The van der Waals surface area contributed by atoms with Crippen LogP contribution in [0.1, 0.15) is 0 Å². The molecular formula is C6H4FN3S. The SMILES string of the molecule is N#CSc1cnc(N)c(F)c1. The van der Waals surface area contributed by atoms with Crippen molar-refractivity contribution in [1.82, 2.24) is 4.98 Å². The topological polar surface area (TPSA) is 62.7 Å². The predicted molar refractivity (Wildman–Crippen MR) is 40.1 cm³/mol. The maximum atomic E-state index is 12.6. The summed E-state index contributed by atoms with van der Waals surface area (Å²) in [6.45, 7) is 0. The van der Waals surface area contributed by atoms with Crippen LogP contribution >= 0.6 is 11.8 Å². The van der Waals surface area contributed by atoms with Crippen LogP contribution in [0.25, 0.3) is 0 Å². The smallest absolute Gasteiger partial charge is 0.166 e. The van der Waals surface area contributed by atoms with Crippen molar-refractivity contribution in [2.75, 3.05) is 5.73 Å². The maximum absolute atomic E-state index is 12.6. The van der Waals surface area contributed by atoms with E-state index in [1.807, 2.05) is 0 Å². The highest BCUT2D eigenvalue weighted by atomic mass is 32.2. The largest absolute Gasteiger partial charge is 0.381 e. The van der Waals surface area contributed by atoms with Gasteiger partial charge in [-0.2, -0.15) is 5.26 Å². The van der Waals surface area contributed by atoms with Gasteiger partial charge in [-0.05, 0) is 17.8 Å². The van der Waals surface area contributed by atoms with E-state index in [1.54, 1.807) is 5.40 Å². The summed E-state index contributed by atoms with van der Waals surface area (Å²) in [6.07, 6.45) is 1.35. The highest BCUT2D eigenvalue weighted by molar-refractivity contribution is 8.03. The van der Waals surface area contributed by atoms with Crippen LogP contribution in [0.15, 0.2) is 17.2 Å². The predicted octanol–water partition coefficient (Wildman–Crippen LogP) is 1.38. The van der Waals surface area contributed by atoms with Crippen molar-refractivity contribution in [3.8, 4) is 5.40 Å². The Morgan fingerprint density at radius 1 is 1.73 bits per heavy atom. The van der Waals surface area contributed by atoms with Gasteiger partial charge in [0.05, 0.1) is 0 Å². The number of pyridine rings is 1. The molecule has 1 rings (SSSR count). The summed E-state index contributed by atoms with van der Waals surface area (Å²) in [4.78, 5) is 3.99. The number of hydrogen-bond acceptors (Lipinski definition) is 4. The van der Waals surface area contributed by atoms with Gasteiger partial charge in [0, 0.05) is 11.1 Å². The summed E-state index contributed by atoms with van der Waals surface area (Å²) >= 11 is 0.846. The zero-order valence-electron chi connectivity index (χ0n) is 5.41. The van der Waals surface area contributed by atoms with Gasteiger partial charge in [0.1, 0.15) is 5.40 Å². The van der Waals surface area contributed by atoms with Gasteiger partial charge in [0.25, 0.3) is 0 Å². The second kappa shape index (κ2) is 3.21. The van der Waals surface area contributed by atoms with Crippen molar-refractivity contribution in [2.45, 2.75) is 4.90 Å². The summed E-state index contributed by atoms with van der Waals surface area (Å²) in [5.74, 6) is -0.738. The first-order chi connectivity index (χ1) is 5.24. The molecule has 56 valence electrons. The molecule has 0 aliphatic heterocycles. The van der Waals surface area contributed by atoms with Crippen LogP contribution in [-0.2, 0) is 0 Å². The molecule has 0 unspecified atom stereocenters. The second-order valence-corrected chi connectivity index (χ2v) is 2.59. The van der Waals surface area contributed by atoms with E-state index in [0.717, 1.165) is 11.8 Å². The monoisotopic (exact) mass is 169 g/mol. The molecule has 0 radical (unpaired) electrons. The third-order valence-electron chi connectivity index (χ3n) is 1.01. The molecule has 11 heavy (non-hydrogen) atoms. The van der Waals surface area contributed by atoms with E-state index in [1.165, 1.54) is 12.3 Å². The molecule has 0 saturated heterocycles. The molecule has 5 heteroatoms. The van der Waals surface area contributed by atoms with E-state index in [2.05, 4.69) is 4.98 Å². The average molecular weight is 169 g/mol. The minimum atomic E-state index is -0.592.